The van der Waals surface area contributed by atoms with Crippen LogP contribution in [0, 0.1) is 5.39 Å². The van der Waals surface area contributed by atoms with Crippen molar-refractivity contribution in [2.24, 2.45) is 0 Å². The van der Waals surface area contributed by atoms with Crippen molar-refractivity contribution in [2.45, 2.75) is 12.8 Å². The summed E-state index contributed by atoms with van der Waals surface area (Å²) in [6.07, 6.45) is 1.36. The molecule has 1 aromatic carbocycles. The molecule has 0 amide bonds. The lowest BCUT2D eigenvalue weighted by atomic mass is 10.1. The van der Waals surface area contributed by atoms with E-state index in [9.17, 15) is 5.11 Å². The second kappa shape index (κ2) is 4.95. The lowest BCUT2D eigenvalue weighted by Crippen LogP contribution is -2.35. The molecule has 16 heavy (non-hydrogen) atoms. The second-order valence-electron chi connectivity index (χ2n) is 4.84. The molecule has 4 heteroatoms. The molecule has 0 fully saturated rings. The van der Waals surface area contributed by atoms with Crippen LogP contribution in [-0.2, 0) is 6.42 Å². The molecule has 0 atom stereocenters. The van der Waals surface area contributed by atoms with Gasteiger partial charge in [0.1, 0.15) is 5.75 Å². The van der Waals surface area contributed by atoms with E-state index in [1.54, 1.807) is 0 Å². The quantitative estimate of drug-likeness (QED) is 0.632. The Kier molecular flexibility index (Phi) is 2.97. The van der Waals surface area contributed by atoms with Gasteiger partial charge in [0.05, 0.1) is 36.0 Å². The first-order valence-electron chi connectivity index (χ1n) is 6.24. The Morgan fingerprint density at radius 2 is 2.19 bits per heavy atom. The molecule has 0 aliphatic carbocycles. The first-order valence-corrected chi connectivity index (χ1v) is 5.24. The average molecular weight is 225 g/mol. The van der Waals surface area contributed by atoms with E-state index in [0.29, 0.717) is 12.0 Å². The van der Waals surface area contributed by atoms with Crippen LogP contribution >= 0.6 is 0 Å². The van der Waals surface area contributed by atoms with Crippen LogP contribution in [0.2, 0.25) is 0 Å². The molecular formula is C12H19N3O+2. The van der Waals surface area contributed by atoms with Crippen LogP contribution in [0.4, 0.5) is 5.69 Å². The summed E-state index contributed by atoms with van der Waals surface area (Å²) < 4.78 is 16.0. The van der Waals surface area contributed by atoms with E-state index < -0.39 is 0 Å². The topological polar surface area (TPSA) is 48.4 Å². The zero-order valence-electron chi connectivity index (χ0n) is 12.0. The van der Waals surface area contributed by atoms with Crippen LogP contribution in [-0.4, -0.2) is 37.3 Å². The van der Waals surface area contributed by atoms with Crippen LogP contribution in [0.3, 0.4) is 0 Å². The van der Waals surface area contributed by atoms with Crippen molar-refractivity contribution in [2.75, 3.05) is 27.7 Å². The van der Waals surface area contributed by atoms with Crippen LogP contribution in [0.5, 0.6) is 5.75 Å². The highest BCUT2D eigenvalue weighted by Gasteiger charge is 2.15. The Morgan fingerprint density at radius 1 is 1.50 bits per heavy atom. The Morgan fingerprint density at radius 3 is 2.75 bits per heavy atom. The average Bonchev–Trinajstić information content (AvgIpc) is 2.27. The zero-order chi connectivity index (χ0) is 13.9. The predicted octanol–water partition coefficient (Wildman–Crippen LogP) is 2.52. The molecule has 86 valence electrons. The number of phenols is 1. The molecule has 0 aliphatic rings. The van der Waals surface area contributed by atoms with Gasteiger partial charge < -0.3 is 9.59 Å². The van der Waals surface area contributed by atoms with E-state index in [0.717, 1.165) is 17.4 Å². The van der Waals surface area contributed by atoms with Gasteiger partial charge in [-0.1, -0.05) is 0 Å². The normalized spacial score (nSPS) is 12.9. The van der Waals surface area contributed by atoms with Crippen molar-refractivity contribution in [3.8, 4) is 5.75 Å². The molecule has 1 N–H and O–H groups in total. The molecule has 1 rings (SSSR count). The summed E-state index contributed by atoms with van der Waals surface area (Å²) in [5.74, 6) is -0.359. The van der Waals surface area contributed by atoms with Crippen molar-refractivity contribution < 1.29 is 12.3 Å². The van der Waals surface area contributed by atoms with Gasteiger partial charge in [-0.05, 0) is 18.5 Å². The van der Waals surface area contributed by atoms with Gasteiger partial charge in [-0.25, -0.2) is 0 Å². The first kappa shape index (κ1) is 9.61. The van der Waals surface area contributed by atoms with E-state index in [-0.39, 0.29) is 23.5 Å². The van der Waals surface area contributed by atoms with Crippen molar-refractivity contribution in [1.29, 1.82) is 5.39 Å². The number of phenolic OH excluding ortho intramolecular Hbond substituents is 1. The number of aromatic hydroxyl groups is 1. The maximum atomic E-state index is 9.56. The fourth-order valence-corrected chi connectivity index (χ4v) is 1.48. The van der Waals surface area contributed by atoms with Gasteiger partial charge in [0.25, 0.3) is 0 Å². The monoisotopic (exact) mass is 225 g/mol. The molecule has 0 saturated heterocycles. The minimum atomic E-state index is -0.359. The van der Waals surface area contributed by atoms with Gasteiger partial charge in [-0.3, -0.25) is 0 Å². The van der Waals surface area contributed by atoms with Gasteiger partial charge in [-0.2, -0.15) is 0 Å². The highest BCUT2D eigenvalue weighted by molar-refractivity contribution is 5.54. The molecule has 0 radical (unpaired) electrons. The number of hydrogen-bond donors (Lipinski definition) is 1. The van der Waals surface area contributed by atoms with Crippen molar-refractivity contribution in [3.05, 3.63) is 28.7 Å². The number of diazo groups is 1. The van der Waals surface area contributed by atoms with E-state index in [4.69, 9.17) is 8.13 Å². The molecule has 0 heterocycles. The van der Waals surface area contributed by atoms with E-state index >= 15 is 0 Å². The standard InChI is InChI=1S/C12H18N3O/c1-15(2,3)8-4-5-10-9-11(16)6-7-12(10)14-13/h6-7,9H,4-5,8H2,1-3H3/q+1/p+1/i6T,9T. The highest BCUT2D eigenvalue weighted by Crippen LogP contribution is 2.25. The van der Waals surface area contributed by atoms with Crippen LogP contribution in [0.1, 0.15) is 14.7 Å². The molecule has 0 spiro atoms. The molecule has 1 aromatic rings. The molecular weight excluding hydrogens is 202 g/mol. The number of rotatable bonds is 4. The Bertz CT molecular complexity index is 490. The van der Waals surface area contributed by atoms with E-state index in [1.165, 1.54) is 6.07 Å². The third kappa shape index (κ3) is 3.87. The van der Waals surface area contributed by atoms with Gasteiger partial charge in [0.15, 0.2) is 4.98 Å². The Balaban J connectivity index is 2.95. The summed E-state index contributed by atoms with van der Waals surface area (Å²) in [5.41, 5.74) is 0.684. The van der Waals surface area contributed by atoms with E-state index in [2.05, 4.69) is 26.1 Å². The number of benzene rings is 1. The van der Waals surface area contributed by atoms with Crippen LogP contribution < -0.4 is 0 Å². The summed E-state index contributed by atoms with van der Waals surface area (Å²) in [6, 6.07) is 0.967. The Hall–Kier alpha value is -1.60. The summed E-state index contributed by atoms with van der Waals surface area (Å²) in [6.45, 7) is 0.910. The van der Waals surface area contributed by atoms with Crippen LogP contribution in [0.15, 0.2) is 18.2 Å². The molecule has 4 nitrogen and oxygen atoms in total. The predicted molar refractivity (Wildman–Crippen MR) is 64.1 cm³/mol. The number of quaternary nitrogens is 1. The number of hydrogen-bond acceptors (Lipinski definition) is 2. The minimum Gasteiger partial charge on any atom is -0.508 e. The van der Waals surface area contributed by atoms with Crippen molar-refractivity contribution in [1.82, 2.24) is 0 Å². The van der Waals surface area contributed by atoms with Gasteiger partial charge >= 0.3 is 5.69 Å². The molecule has 0 bridgehead atoms. The first-order chi connectivity index (χ1) is 8.26. The third-order valence-corrected chi connectivity index (χ3v) is 2.29. The largest absolute Gasteiger partial charge is 0.508 e. The highest BCUT2D eigenvalue weighted by atomic mass is 16.3. The van der Waals surface area contributed by atoms with Crippen molar-refractivity contribution >= 4 is 5.69 Å². The summed E-state index contributed by atoms with van der Waals surface area (Å²) in [4.78, 5) is 3.09. The summed E-state index contributed by atoms with van der Waals surface area (Å²) >= 11 is 0. The summed E-state index contributed by atoms with van der Waals surface area (Å²) in [7, 11) is 6.22. The van der Waals surface area contributed by atoms with Gasteiger partial charge in [0.2, 0.25) is 5.39 Å². The second-order valence-corrected chi connectivity index (χ2v) is 4.84. The lowest BCUT2D eigenvalue weighted by molar-refractivity contribution is -0.870. The van der Waals surface area contributed by atoms with Gasteiger partial charge in [0, 0.05) is 12.5 Å². The zero-order valence-corrected chi connectivity index (χ0v) is 9.99. The Labute approximate surface area is 99.2 Å². The number of nitrogens with zero attached hydrogens (tertiary/aromatic N) is 3. The molecule has 0 saturated carbocycles. The lowest BCUT2D eigenvalue weighted by Gasteiger charge is -2.23. The maximum absolute atomic E-state index is 9.56. The fourth-order valence-electron chi connectivity index (χ4n) is 1.48. The SMILES string of the molecule is [3H]c1cc([N+]#N)c(CCC[N+](C)(C)C)c([3H])c1O. The molecule has 0 unspecified atom stereocenters. The third-order valence-electron chi connectivity index (χ3n) is 2.29. The van der Waals surface area contributed by atoms with Gasteiger partial charge in [-0.15, -0.1) is 0 Å². The van der Waals surface area contributed by atoms with E-state index in [1.807, 2.05) is 0 Å². The smallest absolute Gasteiger partial charge is 0.388 e. The summed E-state index contributed by atoms with van der Waals surface area (Å²) in [5, 5.41) is 18.5. The molecule has 0 aromatic heterocycles. The molecule has 0 aliphatic heterocycles. The maximum Gasteiger partial charge on any atom is 0.388 e. The fraction of sp³-hybridized carbons (Fsp3) is 0.500. The minimum absolute atomic E-state index is 0.114. The van der Waals surface area contributed by atoms with Crippen molar-refractivity contribution in [3.63, 3.8) is 0 Å². The van der Waals surface area contributed by atoms with Crippen LogP contribution in [0.25, 0.3) is 4.98 Å².